The van der Waals surface area contributed by atoms with E-state index in [4.69, 9.17) is 11.5 Å². The number of carbonyl (C=O) groups is 5. The number of likely N-dealkylation sites (tertiary alicyclic amines) is 1. The fourth-order valence-corrected chi connectivity index (χ4v) is 4.38. The van der Waals surface area contributed by atoms with Crippen molar-refractivity contribution in [1.29, 1.82) is 0 Å². The van der Waals surface area contributed by atoms with Crippen molar-refractivity contribution in [2.45, 2.75) is 56.3 Å². The highest BCUT2D eigenvalue weighted by Gasteiger charge is 2.39. The maximum atomic E-state index is 13.3. The van der Waals surface area contributed by atoms with Crippen molar-refractivity contribution in [2.24, 2.45) is 11.5 Å². The predicted molar refractivity (Wildman–Crippen MR) is 133 cm³/mol. The second-order valence-electron chi connectivity index (χ2n) is 8.58. The van der Waals surface area contributed by atoms with E-state index in [2.05, 4.69) is 10.6 Å². The highest BCUT2D eigenvalue weighted by atomic mass is 32.2. The Labute approximate surface area is 213 Å². The minimum absolute atomic E-state index is 0.00600. The van der Waals surface area contributed by atoms with Crippen LogP contribution >= 0.6 is 11.8 Å². The van der Waals surface area contributed by atoms with E-state index in [1.54, 1.807) is 12.1 Å². The smallest absolute Gasteiger partial charge is 0.326 e. The van der Waals surface area contributed by atoms with Crippen LogP contribution in [-0.2, 0) is 30.4 Å². The molecular weight excluding hydrogens is 490 g/mol. The third-order valence-corrected chi connectivity index (χ3v) is 6.46. The lowest BCUT2D eigenvalue weighted by molar-refractivity contribution is -0.149. The van der Waals surface area contributed by atoms with Crippen LogP contribution in [0.2, 0.25) is 0 Å². The zero-order valence-electron chi connectivity index (χ0n) is 20.0. The number of nitrogens with one attached hydrogen (secondary N) is 2. The zero-order valence-corrected chi connectivity index (χ0v) is 20.8. The van der Waals surface area contributed by atoms with Crippen LogP contribution < -0.4 is 22.1 Å². The summed E-state index contributed by atoms with van der Waals surface area (Å²) in [6.45, 7) is 0.166. The summed E-state index contributed by atoms with van der Waals surface area (Å²) in [5.41, 5.74) is 11.8. The molecule has 4 atom stereocenters. The van der Waals surface area contributed by atoms with Crippen molar-refractivity contribution in [3.8, 4) is 5.75 Å². The van der Waals surface area contributed by atoms with E-state index >= 15 is 0 Å². The molecular formula is C23H33N5O7S. The molecule has 36 heavy (non-hydrogen) atoms. The van der Waals surface area contributed by atoms with E-state index in [1.807, 2.05) is 6.26 Å². The molecule has 8 N–H and O–H groups in total. The standard InChI is InChI=1S/C23H33N5O7S/c1-36-10-8-15(24)20(31)26-16(11-13-4-6-14(29)7-5-13)21(32)27-17(12-19(25)30)22(33)28-9-2-3-18(28)23(34)35/h4-7,15-18,29H,2-3,8-12,24H2,1H3,(H2,25,30)(H,26,31)(H,27,32)(H,34,35). The summed E-state index contributed by atoms with van der Waals surface area (Å²) in [5.74, 6) is -3.45. The van der Waals surface area contributed by atoms with Gasteiger partial charge in [-0.3, -0.25) is 19.2 Å². The molecule has 0 bridgehead atoms. The van der Waals surface area contributed by atoms with Crippen molar-refractivity contribution < 1.29 is 34.2 Å². The highest BCUT2D eigenvalue weighted by molar-refractivity contribution is 7.98. The molecule has 1 aromatic carbocycles. The van der Waals surface area contributed by atoms with E-state index in [1.165, 1.54) is 23.9 Å². The summed E-state index contributed by atoms with van der Waals surface area (Å²) >= 11 is 1.52. The number of carboxylic acids is 1. The number of aliphatic carboxylic acids is 1. The summed E-state index contributed by atoms with van der Waals surface area (Å²) in [6.07, 6.45) is 2.44. The number of rotatable bonds is 13. The number of amides is 4. The van der Waals surface area contributed by atoms with Crippen LogP contribution in [0, 0.1) is 0 Å². The number of carbonyl (C=O) groups excluding carboxylic acids is 4. The molecule has 1 fully saturated rings. The van der Waals surface area contributed by atoms with Gasteiger partial charge in [-0.15, -0.1) is 0 Å². The number of hydrogen-bond acceptors (Lipinski definition) is 8. The molecule has 0 saturated carbocycles. The molecule has 0 aliphatic carbocycles. The molecule has 0 spiro atoms. The average molecular weight is 524 g/mol. The molecule has 0 radical (unpaired) electrons. The summed E-state index contributed by atoms with van der Waals surface area (Å²) < 4.78 is 0. The molecule has 12 nitrogen and oxygen atoms in total. The van der Waals surface area contributed by atoms with Crippen molar-refractivity contribution >= 4 is 41.4 Å². The van der Waals surface area contributed by atoms with Crippen molar-refractivity contribution in [1.82, 2.24) is 15.5 Å². The van der Waals surface area contributed by atoms with Crippen LogP contribution in [0.25, 0.3) is 0 Å². The summed E-state index contributed by atoms with van der Waals surface area (Å²) in [6, 6.07) is 1.50. The van der Waals surface area contributed by atoms with Gasteiger partial charge in [-0.25, -0.2) is 4.79 Å². The minimum Gasteiger partial charge on any atom is -0.508 e. The Balaban J connectivity index is 2.24. The summed E-state index contributed by atoms with van der Waals surface area (Å²) in [5, 5.41) is 24.0. The molecule has 1 aliphatic heterocycles. The first kappa shape index (κ1) is 28.9. The third kappa shape index (κ3) is 8.41. The van der Waals surface area contributed by atoms with Gasteiger partial charge in [-0.2, -0.15) is 11.8 Å². The van der Waals surface area contributed by atoms with Crippen LogP contribution in [0.15, 0.2) is 24.3 Å². The van der Waals surface area contributed by atoms with Gasteiger partial charge in [0.2, 0.25) is 23.6 Å². The Morgan fingerprint density at radius 1 is 1.11 bits per heavy atom. The van der Waals surface area contributed by atoms with Gasteiger partial charge in [0.15, 0.2) is 0 Å². The van der Waals surface area contributed by atoms with Gasteiger partial charge >= 0.3 is 5.97 Å². The molecule has 4 unspecified atom stereocenters. The van der Waals surface area contributed by atoms with Crippen LogP contribution in [0.4, 0.5) is 0 Å². The van der Waals surface area contributed by atoms with Crippen LogP contribution in [0.1, 0.15) is 31.2 Å². The maximum Gasteiger partial charge on any atom is 0.326 e. The average Bonchev–Trinajstić information content (AvgIpc) is 3.32. The van der Waals surface area contributed by atoms with E-state index < -0.39 is 60.2 Å². The fourth-order valence-electron chi connectivity index (χ4n) is 3.89. The largest absolute Gasteiger partial charge is 0.508 e. The molecule has 1 aliphatic rings. The van der Waals surface area contributed by atoms with E-state index in [-0.39, 0.29) is 25.1 Å². The van der Waals surface area contributed by atoms with E-state index in [9.17, 15) is 34.2 Å². The molecule has 0 aromatic heterocycles. The first-order chi connectivity index (χ1) is 17.0. The van der Waals surface area contributed by atoms with E-state index in [0.29, 0.717) is 24.2 Å². The number of phenolic OH excluding ortho intramolecular Hbond substituents is 1. The Morgan fingerprint density at radius 2 is 1.75 bits per heavy atom. The Kier molecular flexibility index (Phi) is 11.0. The maximum absolute atomic E-state index is 13.3. The van der Waals surface area contributed by atoms with Crippen molar-refractivity contribution in [2.75, 3.05) is 18.6 Å². The number of phenols is 1. The normalized spacial score (nSPS) is 17.6. The zero-order chi connectivity index (χ0) is 26.8. The second-order valence-corrected chi connectivity index (χ2v) is 9.56. The number of benzene rings is 1. The number of hydrogen-bond donors (Lipinski definition) is 6. The summed E-state index contributed by atoms with van der Waals surface area (Å²) in [7, 11) is 0. The van der Waals surface area contributed by atoms with Crippen LogP contribution in [0.5, 0.6) is 5.75 Å². The number of aromatic hydroxyl groups is 1. The van der Waals surface area contributed by atoms with Gasteiger partial charge in [0.25, 0.3) is 0 Å². The van der Waals surface area contributed by atoms with Gasteiger partial charge in [0.1, 0.15) is 23.9 Å². The van der Waals surface area contributed by atoms with Crippen LogP contribution in [-0.4, -0.2) is 87.4 Å². The number of primary amides is 1. The topological polar surface area (TPSA) is 205 Å². The van der Waals surface area contributed by atoms with Gasteiger partial charge in [0.05, 0.1) is 12.5 Å². The number of nitrogens with zero attached hydrogens (tertiary/aromatic N) is 1. The van der Waals surface area contributed by atoms with Gasteiger partial charge < -0.3 is 37.2 Å². The molecule has 4 amide bonds. The highest BCUT2D eigenvalue weighted by Crippen LogP contribution is 2.19. The first-order valence-corrected chi connectivity index (χ1v) is 12.9. The Morgan fingerprint density at radius 3 is 2.33 bits per heavy atom. The molecule has 1 heterocycles. The Bertz CT molecular complexity index is 959. The lowest BCUT2D eigenvalue weighted by Gasteiger charge is -2.28. The fraction of sp³-hybridized carbons (Fsp3) is 0.522. The number of nitrogens with two attached hydrogens (primary N) is 2. The minimum atomic E-state index is -1.40. The van der Waals surface area contributed by atoms with Crippen LogP contribution in [0.3, 0.4) is 0 Å². The molecule has 198 valence electrons. The lowest BCUT2D eigenvalue weighted by Crippen LogP contribution is -2.58. The molecule has 1 saturated heterocycles. The first-order valence-electron chi connectivity index (χ1n) is 11.5. The molecule has 1 aromatic rings. The third-order valence-electron chi connectivity index (χ3n) is 5.82. The molecule has 13 heteroatoms. The van der Waals surface area contributed by atoms with Gasteiger partial charge in [-0.1, -0.05) is 12.1 Å². The van der Waals surface area contributed by atoms with Crippen molar-refractivity contribution in [3.05, 3.63) is 29.8 Å². The summed E-state index contributed by atoms with van der Waals surface area (Å²) in [4.78, 5) is 63.3. The number of thioether (sulfide) groups is 1. The number of carboxylic acid groups (broad SMARTS) is 1. The monoisotopic (exact) mass is 523 g/mol. The van der Waals surface area contributed by atoms with E-state index in [0.717, 1.165) is 4.90 Å². The second kappa shape index (κ2) is 13.7. The lowest BCUT2D eigenvalue weighted by atomic mass is 10.0. The SMILES string of the molecule is CSCCC(N)C(=O)NC(Cc1ccc(O)cc1)C(=O)NC(CC(N)=O)C(=O)N1CCCC1C(=O)O. The quantitative estimate of drug-likeness (QED) is 0.186. The van der Waals surface area contributed by atoms with Crippen molar-refractivity contribution in [3.63, 3.8) is 0 Å². The van der Waals surface area contributed by atoms with Gasteiger partial charge in [-0.05, 0) is 49.0 Å². The van der Waals surface area contributed by atoms with Gasteiger partial charge in [0, 0.05) is 13.0 Å². The molecule has 2 rings (SSSR count). The predicted octanol–water partition coefficient (Wildman–Crippen LogP) is -1.06. The Hall–Kier alpha value is -3.32.